The molecule has 94 valence electrons. The molecule has 0 radical (unpaired) electrons. The Morgan fingerprint density at radius 3 is 2.94 bits per heavy atom. The van der Waals surface area contributed by atoms with E-state index in [-0.39, 0.29) is 0 Å². The first-order chi connectivity index (χ1) is 8.74. The Kier molecular flexibility index (Phi) is 3.18. The van der Waals surface area contributed by atoms with Gasteiger partial charge >= 0.3 is 0 Å². The molecular formula is C15H18N2S. The molecule has 2 nitrogen and oxygen atoms in total. The Balaban J connectivity index is 1.96. The van der Waals surface area contributed by atoms with E-state index in [4.69, 9.17) is 4.98 Å². The summed E-state index contributed by atoms with van der Waals surface area (Å²) in [5.74, 6) is 0.668. The topological polar surface area (TPSA) is 24.9 Å². The van der Waals surface area contributed by atoms with Gasteiger partial charge in [0, 0.05) is 22.9 Å². The molecule has 0 saturated carbocycles. The number of thiazole rings is 1. The van der Waals surface area contributed by atoms with Gasteiger partial charge in [0.2, 0.25) is 0 Å². The second kappa shape index (κ2) is 4.82. The van der Waals surface area contributed by atoms with E-state index < -0.39 is 0 Å². The summed E-state index contributed by atoms with van der Waals surface area (Å²) in [7, 11) is 0. The Hall–Kier alpha value is -1.19. The average Bonchev–Trinajstić information content (AvgIpc) is 2.97. The Morgan fingerprint density at radius 2 is 2.22 bits per heavy atom. The van der Waals surface area contributed by atoms with Crippen molar-refractivity contribution < 1.29 is 0 Å². The fraction of sp³-hybridized carbons (Fsp3) is 0.400. The lowest BCUT2D eigenvalue weighted by molar-refractivity contribution is 0.770. The van der Waals surface area contributed by atoms with Crippen LogP contribution in [0.2, 0.25) is 0 Å². The van der Waals surface area contributed by atoms with E-state index in [1.165, 1.54) is 28.1 Å². The highest BCUT2D eigenvalue weighted by Crippen LogP contribution is 2.35. The van der Waals surface area contributed by atoms with E-state index in [0.29, 0.717) is 5.92 Å². The zero-order valence-electron chi connectivity index (χ0n) is 10.9. The molecule has 2 aromatic rings. The molecule has 1 atom stereocenters. The molecule has 1 N–H and O–H groups in total. The zero-order chi connectivity index (χ0) is 12.5. The molecule has 0 spiro atoms. The predicted molar refractivity (Wildman–Crippen MR) is 77.3 cm³/mol. The van der Waals surface area contributed by atoms with Crippen molar-refractivity contribution in [2.24, 2.45) is 0 Å². The molecule has 1 aliphatic heterocycles. The van der Waals surface area contributed by atoms with Crippen molar-refractivity contribution in [3.05, 3.63) is 40.4 Å². The summed E-state index contributed by atoms with van der Waals surface area (Å²) in [4.78, 5) is 6.23. The maximum absolute atomic E-state index is 4.76. The van der Waals surface area contributed by atoms with Crippen LogP contribution < -0.4 is 5.32 Å². The number of benzene rings is 1. The molecule has 1 saturated heterocycles. The number of rotatable bonds is 2. The quantitative estimate of drug-likeness (QED) is 0.891. The molecule has 0 amide bonds. The van der Waals surface area contributed by atoms with Crippen molar-refractivity contribution in [3.63, 3.8) is 0 Å². The standard InChI is InChI=1S/C15H18N2S/c1-10-4-3-5-12(8-10)15-17-11(2)14(18-15)13-6-7-16-9-13/h3-5,8,13,16H,6-7,9H2,1-2H3. The van der Waals surface area contributed by atoms with E-state index in [0.717, 1.165) is 18.1 Å². The summed E-state index contributed by atoms with van der Waals surface area (Å²) in [6.07, 6.45) is 1.25. The predicted octanol–water partition coefficient (Wildman–Crippen LogP) is 3.50. The minimum Gasteiger partial charge on any atom is -0.316 e. The normalized spacial score (nSPS) is 19.3. The van der Waals surface area contributed by atoms with Gasteiger partial charge in [-0.15, -0.1) is 11.3 Å². The summed E-state index contributed by atoms with van der Waals surface area (Å²) in [6, 6.07) is 8.61. The first-order valence-electron chi connectivity index (χ1n) is 6.49. The molecule has 18 heavy (non-hydrogen) atoms. The number of nitrogens with one attached hydrogen (secondary N) is 1. The Labute approximate surface area is 112 Å². The molecule has 3 heteroatoms. The lowest BCUT2D eigenvalue weighted by atomic mass is 10.1. The van der Waals surface area contributed by atoms with Crippen LogP contribution >= 0.6 is 11.3 Å². The molecule has 3 rings (SSSR count). The van der Waals surface area contributed by atoms with Gasteiger partial charge in [0.1, 0.15) is 5.01 Å². The van der Waals surface area contributed by atoms with Crippen molar-refractivity contribution >= 4 is 11.3 Å². The maximum atomic E-state index is 4.76. The molecular weight excluding hydrogens is 240 g/mol. The Bertz CT molecular complexity index is 553. The fourth-order valence-electron chi connectivity index (χ4n) is 2.57. The third-order valence-corrected chi connectivity index (χ3v) is 4.90. The lowest BCUT2D eigenvalue weighted by Gasteiger charge is -2.04. The smallest absolute Gasteiger partial charge is 0.123 e. The SMILES string of the molecule is Cc1cccc(-c2nc(C)c(C3CCNC3)s2)c1. The van der Waals surface area contributed by atoms with Gasteiger partial charge in [-0.25, -0.2) is 4.98 Å². The van der Waals surface area contributed by atoms with Crippen LogP contribution in [0.5, 0.6) is 0 Å². The fourth-order valence-corrected chi connectivity index (χ4v) is 3.76. The second-order valence-corrected chi connectivity index (χ2v) is 6.06. The second-order valence-electron chi connectivity index (χ2n) is 5.03. The largest absolute Gasteiger partial charge is 0.316 e. The van der Waals surface area contributed by atoms with Crippen molar-refractivity contribution in [1.29, 1.82) is 0 Å². The summed E-state index contributed by atoms with van der Waals surface area (Å²) in [6.45, 7) is 6.52. The van der Waals surface area contributed by atoms with E-state index in [1.54, 1.807) is 0 Å². The van der Waals surface area contributed by atoms with Crippen LogP contribution in [0.3, 0.4) is 0 Å². The summed E-state index contributed by atoms with van der Waals surface area (Å²) in [5, 5.41) is 4.60. The van der Waals surface area contributed by atoms with Crippen LogP contribution in [0, 0.1) is 13.8 Å². The minimum absolute atomic E-state index is 0.668. The van der Waals surface area contributed by atoms with E-state index >= 15 is 0 Å². The summed E-state index contributed by atoms with van der Waals surface area (Å²) >= 11 is 1.87. The number of nitrogens with zero attached hydrogens (tertiary/aromatic N) is 1. The van der Waals surface area contributed by atoms with Crippen molar-refractivity contribution in [1.82, 2.24) is 10.3 Å². The van der Waals surface area contributed by atoms with Gasteiger partial charge in [-0.2, -0.15) is 0 Å². The first kappa shape index (κ1) is 11.9. The summed E-state index contributed by atoms with van der Waals surface area (Å²) in [5.41, 5.74) is 3.76. The maximum Gasteiger partial charge on any atom is 0.123 e. The van der Waals surface area contributed by atoms with Crippen LogP contribution in [0.1, 0.15) is 28.5 Å². The highest BCUT2D eigenvalue weighted by Gasteiger charge is 2.22. The number of aryl methyl sites for hydroxylation is 2. The zero-order valence-corrected chi connectivity index (χ0v) is 11.7. The van der Waals surface area contributed by atoms with Crippen LogP contribution in [-0.4, -0.2) is 18.1 Å². The third kappa shape index (κ3) is 2.20. The van der Waals surface area contributed by atoms with E-state index in [1.807, 2.05) is 11.3 Å². The van der Waals surface area contributed by atoms with Crippen molar-refractivity contribution in [2.45, 2.75) is 26.2 Å². The van der Waals surface area contributed by atoms with Gasteiger partial charge in [-0.1, -0.05) is 23.8 Å². The van der Waals surface area contributed by atoms with Gasteiger partial charge < -0.3 is 5.32 Å². The highest BCUT2D eigenvalue weighted by atomic mass is 32.1. The molecule has 0 aliphatic carbocycles. The van der Waals surface area contributed by atoms with Crippen LogP contribution in [-0.2, 0) is 0 Å². The van der Waals surface area contributed by atoms with E-state index in [9.17, 15) is 0 Å². The first-order valence-corrected chi connectivity index (χ1v) is 7.31. The highest BCUT2D eigenvalue weighted by molar-refractivity contribution is 7.15. The van der Waals surface area contributed by atoms with Crippen molar-refractivity contribution in [2.75, 3.05) is 13.1 Å². The van der Waals surface area contributed by atoms with E-state index in [2.05, 4.69) is 43.4 Å². The summed E-state index contributed by atoms with van der Waals surface area (Å²) < 4.78 is 0. The molecule has 1 aliphatic rings. The van der Waals surface area contributed by atoms with Gasteiger partial charge in [0.25, 0.3) is 0 Å². The van der Waals surface area contributed by atoms with Crippen LogP contribution in [0.4, 0.5) is 0 Å². The van der Waals surface area contributed by atoms with Gasteiger partial charge in [-0.05, 0) is 32.9 Å². The molecule has 1 unspecified atom stereocenters. The van der Waals surface area contributed by atoms with Gasteiger partial charge in [-0.3, -0.25) is 0 Å². The van der Waals surface area contributed by atoms with Crippen molar-refractivity contribution in [3.8, 4) is 10.6 Å². The monoisotopic (exact) mass is 258 g/mol. The van der Waals surface area contributed by atoms with Crippen LogP contribution in [0.25, 0.3) is 10.6 Å². The lowest BCUT2D eigenvalue weighted by Crippen LogP contribution is -2.07. The molecule has 1 aromatic heterocycles. The molecule has 2 heterocycles. The van der Waals surface area contributed by atoms with Gasteiger partial charge in [0.15, 0.2) is 0 Å². The Morgan fingerprint density at radius 1 is 1.33 bits per heavy atom. The van der Waals surface area contributed by atoms with Crippen LogP contribution in [0.15, 0.2) is 24.3 Å². The number of hydrogen-bond donors (Lipinski definition) is 1. The molecule has 1 aromatic carbocycles. The van der Waals surface area contributed by atoms with Gasteiger partial charge in [0.05, 0.1) is 5.69 Å². The molecule has 1 fully saturated rings. The average molecular weight is 258 g/mol. The number of hydrogen-bond acceptors (Lipinski definition) is 3. The molecule has 0 bridgehead atoms. The number of aromatic nitrogens is 1. The minimum atomic E-state index is 0.668. The third-order valence-electron chi connectivity index (χ3n) is 3.53.